The number of hydrogen-bond donors (Lipinski definition) is 1. The van der Waals surface area contributed by atoms with E-state index in [2.05, 4.69) is 5.32 Å². The monoisotopic (exact) mass is 309 g/mol. The number of thioether (sulfide) groups is 1. The first kappa shape index (κ1) is 15.4. The van der Waals surface area contributed by atoms with E-state index in [0.29, 0.717) is 0 Å². The summed E-state index contributed by atoms with van der Waals surface area (Å²) in [7, 11) is 1.92. The Morgan fingerprint density at radius 1 is 1.25 bits per heavy atom. The largest absolute Gasteiger partial charge is 0.312 e. The summed E-state index contributed by atoms with van der Waals surface area (Å²) in [6.45, 7) is 1.93. The Hall–Kier alpha value is -1.03. The zero-order valence-corrected chi connectivity index (χ0v) is 13.1. The van der Waals surface area contributed by atoms with Gasteiger partial charge >= 0.3 is 0 Å². The predicted octanol–water partition coefficient (Wildman–Crippen LogP) is 4.84. The number of hydrogen-bond acceptors (Lipinski definition) is 2. The van der Waals surface area contributed by atoms with Crippen molar-refractivity contribution in [2.24, 2.45) is 0 Å². The summed E-state index contributed by atoms with van der Waals surface area (Å²) >= 11 is 7.86. The molecule has 0 heterocycles. The molecule has 20 heavy (non-hydrogen) atoms. The first-order valence-corrected chi connectivity index (χ1v) is 7.79. The summed E-state index contributed by atoms with van der Waals surface area (Å²) in [5, 5.41) is 4.05. The summed E-state index contributed by atoms with van der Waals surface area (Å²) in [5.41, 5.74) is 2.08. The molecule has 0 aliphatic rings. The van der Waals surface area contributed by atoms with Gasteiger partial charge in [0.2, 0.25) is 0 Å². The maximum Gasteiger partial charge on any atom is 0.123 e. The molecule has 0 aromatic heterocycles. The van der Waals surface area contributed by atoms with Crippen LogP contribution in [0.4, 0.5) is 4.39 Å². The minimum atomic E-state index is -0.195. The maximum atomic E-state index is 13.2. The molecule has 1 atom stereocenters. The van der Waals surface area contributed by atoms with Crippen LogP contribution in [0.1, 0.15) is 17.2 Å². The van der Waals surface area contributed by atoms with Gasteiger partial charge in [-0.2, -0.15) is 0 Å². The van der Waals surface area contributed by atoms with Crippen LogP contribution in [0.15, 0.2) is 47.4 Å². The van der Waals surface area contributed by atoms with Gasteiger partial charge in [0.25, 0.3) is 0 Å². The Bertz CT molecular complexity index is 588. The zero-order valence-electron chi connectivity index (χ0n) is 11.5. The zero-order chi connectivity index (χ0) is 14.5. The van der Waals surface area contributed by atoms with E-state index in [4.69, 9.17) is 11.6 Å². The van der Waals surface area contributed by atoms with Gasteiger partial charge in [-0.15, -0.1) is 11.8 Å². The van der Waals surface area contributed by atoms with Crippen LogP contribution in [0.25, 0.3) is 0 Å². The van der Waals surface area contributed by atoms with Crippen molar-refractivity contribution >= 4 is 23.4 Å². The van der Waals surface area contributed by atoms with E-state index in [1.165, 1.54) is 6.07 Å². The van der Waals surface area contributed by atoms with Gasteiger partial charge in [0.15, 0.2) is 0 Å². The molecule has 0 aliphatic heterocycles. The summed E-state index contributed by atoms with van der Waals surface area (Å²) < 4.78 is 13.2. The van der Waals surface area contributed by atoms with Gasteiger partial charge in [0.05, 0.1) is 5.02 Å². The summed E-state index contributed by atoms with van der Waals surface area (Å²) in [6.07, 6.45) is 0. The molecular weight excluding hydrogens is 293 g/mol. The third-order valence-corrected chi connectivity index (χ3v) is 4.81. The van der Waals surface area contributed by atoms with Crippen molar-refractivity contribution in [2.75, 3.05) is 12.8 Å². The highest BCUT2D eigenvalue weighted by Crippen LogP contribution is 2.31. The number of benzene rings is 2. The quantitative estimate of drug-likeness (QED) is 0.793. The third kappa shape index (κ3) is 3.75. The van der Waals surface area contributed by atoms with Crippen molar-refractivity contribution in [1.29, 1.82) is 0 Å². The van der Waals surface area contributed by atoms with Gasteiger partial charge in [-0.1, -0.05) is 29.8 Å². The Morgan fingerprint density at radius 2 is 2.00 bits per heavy atom. The van der Waals surface area contributed by atoms with Crippen LogP contribution in [0.5, 0.6) is 0 Å². The highest BCUT2D eigenvalue weighted by molar-refractivity contribution is 7.99. The second-order valence-electron chi connectivity index (χ2n) is 4.58. The Balaban J connectivity index is 2.11. The molecule has 0 bridgehead atoms. The van der Waals surface area contributed by atoms with Gasteiger partial charge in [0, 0.05) is 16.7 Å². The van der Waals surface area contributed by atoms with Crippen molar-refractivity contribution in [3.63, 3.8) is 0 Å². The lowest BCUT2D eigenvalue weighted by molar-refractivity contribution is 0.617. The molecule has 0 saturated heterocycles. The van der Waals surface area contributed by atoms with Gasteiger partial charge in [-0.05, 0) is 49.4 Å². The highest BCUT2D eigenvalue weighted by Gasteiger charge is 2.13. The molecule has 2 rings (SSSR count). The maximum absolute atomic E-state index is 13.2. The molecule has 0 fully saturated rings. The van der Waals surface area contributed by atoms with Gasteiger partial charge in [-0.3, -0.25) is 0 Å². The van der Waals surface area contributed by atoms with Crippen LogP contribution in [0.2, 0.25) is 5.02 Å². The first-order chi connectivity index (χ1) is 9.61. The van der Waals surface area contributed by atoms with Crippen molar-refractivity contribution in [1.82, 2.24) is 5.32 Å². The lowest BCUT2D eigenvalue weighted by Gasteiger charge is -2.19. The van der Waals surface area contributed by atoms with E-state index >= 15 is 0 Å². The van der Waals surface area contributed by atoms with Crippen LogP contribution >= 0.6 is 23.4 Å². The molecule has 0 saturated carbocycles. The van der Waals surface area contributed by atoms with Crippen LogP contribution in [0, 0.1) is 12.7 Å². The summed E-state index contributed by atoms with van der Waals surface area (Å²) in [4.78, 5) is 1.06. The van der Waals surface area contributed by atoms with E-state index in [-0.39, 0.29) is 11.9 Å². The van der Waals surface area contributed by atoms with Crippen molar-refractivity contribution < 1.29 is 4.39 Å². The fraction of sp³-hybridized carbons (Fsp3) is 0.250. The predicted molar refractivity (Wildman–Crippen MR) is 85.1 cm³/mol. The lowest BCUT2D eigenvalue weighted by Crippen LogP contribution is -2.19. The normalized spacial score (nSPS) is 12.4. The highest BCUT2D eigenvalue weighted by atomic mass is 35.5. The Labute approximate surface area is 128 Å². The second-order valence-corrected chi connectivity index (χ2v) is 6.05. The van der Waals surface area contributed by atoms with Crippen molar-refractivity contribution in [2.45, 2.75) is 17.9 Å². The fourth-order valence-corrected chi connectivity index (χ4v) is 3.47. The average molecular weight is 310 g/mol. The first-order valence-electron chi connectivity index (χ1n) is 6.42. The minimum Gasteiger partial charge on any atom is -0.312 e. The summed E-state index contributed by atoms with van der Waals surface area (Å²) in [6, 6.07) is 12.9. The molecular formula is C16H17ClFNS. The second kappa shape index (κ2) is 7.11. The fourth-order valence-electron chi connectivity index (χ4n) is 2.09. The Kier molecular flexibility index (Phi) is 5.46. The third-order valence-electron chi connectivity index (χ3n) is 3.20. The smallest absolute Gasteiger partial charge is 0.123 e. The molecule has 106 valence electrons. The minimum absolute atomic E-state index is 0.164. The topological polar surface area (TPSA) is 12.0 Å². The number of rotatable bonds is 5. The summed E-state index contributed by atoms with van der Waals surface area (Å²) in [5.74, 6) is 0.645. The molecule has 1 unspecified atom stereocenters. The molecule has 0 radical (unpaired) electrons. The van der Waals surface area contributed by atoms with Gasteiger partial charge < -0.3 is 5.32 Å². The molecule has 1 nitrogen and oxygen atoms in total. The number of aryl methyl sites for hydroxylation is 1. The van der Waals surface area contributed by atoms with Crippen molar-refractivity contribution in [3.8, 4) is 0 Å². The Morgan fingerprint density at radius 3 is 2.65 bits per heavy atom. The lowest BCUT2D eigenvalue weighted by atomic mass is 10.0. The van der Waals surface area contributed by atoms with Crippen LogP contribution in [-0.2, 0) is 0 Å². The number of halogens is 2. The standard InChI is InChI=1S/C16H17ClFNS/c1-11-9-12(18)7-8-13(11)15(19-2)10-20-16-6-4-3-5-14(16)17/h3-9,15,19H,10H2,1-2H3. The van der Waals surface area contributed by atoms with Crippen LogP contribution in [0.3, 0.4) is 0 Å². The molecule has 0 amide bonds. The van der Waals surface area contributed by atoms with Gasteiger partial charge in [0.1, 0.15) is 5.82 Å². The molecule has 2 aromatic carbocycles. The van der Waals surface area contributed by atoms with E-state index in [1.54, 1.807) is 17.8 Å². The van der Waals surface area contributed by atoms with E-state index < -0.39 is 0 Å². The van der Waals surface area contributed by atoms with Crippen LogP contribution in [-0.4, -0.2) is 12.8 Å². The van der Waals surface area contributed by atoms with E-state index in [9.17, 15) is 4.39 Å². The van der Waals surface area contributed by atoms with Crippen molar-refractivity contribution in [3.05, 3.63) is 64.4 Å². The van der Waals surface area contributed by atoms with Crippen LogP contribution < -0.4 is 5.32 Å². The molecule has 0 spiro atoms. The molecule has 1 N–H and O–H groups in total. The molecule has 2 aromatic rings. The number of nitrogens with one attached hydrogen (secondary N) is 1. The molecule has 0 aliphatic carbocycles. The SMILES string of the molecule is CNC(CSc1ccccc1Cl)c1ccc(F)cc1C. The van der Waals surface area contributed by atoms with E-state index in [0.717, 1.165) is 26.8 Å². The van der Waals surface area contributed by atoms with Gasteiger partial charge in [-0.25, -0.2) is 4.39 Å². The molecule has 4 heteroatoms. The average Bonchev–Trinajstić information content (AvgIpc) is 2.43. The van der Waals surface area contributed by atoms with E-state index in [1.807, 2.05) is 44.3 Å².